The standard InChI is InChI=1S/C12H7BrN4O3S/c13-9-2-1-8(21-9)11-17-16-10(20-11)6-19-12(18)7-5-14-3-4-15-7/h1-5H,6H2. The molecule has 7 nitrogen and oxygen atoms in total. The van der Waals surface area contributed by atoms with E-state index in [0.29, 0.717) is 5.89 Å². The highest BCUT2D eigenvalue weighted by atomic mass is 79.9. The fourth-order valence-electron chi connectivity index (χ4n) is 1.45. The molecule has 0 amide bonds. The molecule has 3 heterocycles. The third-order valence-electron chi connectivity index (χ3n) is 2.35. The van der Waals surface area contributed by atoms with Crippen molar-refractivity contribution in [2.24, 2.45) is 0 Å². The summed E-state index contributed by atoms with van der Waals surface area (Å²) in [6.45, 7) is -0.116. The van der Waals surface area contributed by atoms with E-state index in [1.54, 1.807) is 0 Å². The van der Waals surface area contributed by atoms with Gasteiger partial charge in [-0.15, -0.1) is 21.5 Å². The molecule has 0 spiro atoms. The fourth-order valence-corrected chi connectivity index (χ4v) is 2.75. The molecule has 3 rings (SSSR count). The normalized spacial score (nSPS) is 10.5. The van der Waals surface area contributed by atoms with Crippen LogP contribution in [0, 0.1) is 0 Å². The predicted molar refractivity (Wildman–Crippen MR) is 76.5 cm³/mol. The zero-order valence-electron chi connectivity index (χ0n) is 10.4. The third kappa shape index (κ3) is 3.31. The first-order valence-corrected chi connectivity index (χ1v) is 7.34. The van der Waals surface area contributed by atoms with E-state index < -0.39 is 5.97 Å². The van der Waals surface area contributed by atoms with Crippen LogP contribution in [0.4, 0.5) is 0 Å². The summed E-state index contributed by atoms with van der Waals surface area (Å²) in [6, 6.07) is 3.75. The molecule has 0 fully saturated rings. The van der Waals surface area contributed by atoms with E-state index in [1.807, 2.05) is 12.1 Å². The minimum absolute atomic E-state index is 0.116. The van der Waals surface area contributed by atoms with Crippen LogP contribution in [0.5, 0.6) is 0 Å². The molecular formula is C12H7BrN4O3S. The summed E-state index contributed by atoms with van der Waals surface area (Å²) in [5, 5.41) is 7.73. The Labute approximate surface area is 131 Å². The number of nitrogens with zero attached hydrogens (tertiary/aromatic N) is 4. The molecule has 3 aromatic heterocycles. The van der Waals surface area contributed by atoms with Gasteiger partial charge in [0.2, 0.25) is 0 Å². The number of carbonyl (C=O) groups is 1. The van der Waals surface area contributed by atoms with Crippen LogP contribution in [-0.2, 0) is 11.3 Å². The van der Waals surface area contributed by atoms with Gasteiger partial charge in [0.25, 0.3) is 11.8 Å². The van der Waals surface area contributed by atoms with Gasteiger partial charge in [0.15, 0.2) is 12.3 Å². The van der Waals surface area contributed by atoms with Gasteiger partial charge in [-0.2, -0.15) is 0 Å². The maximum absolute atomic E-state index is 11.7. The third-order valence-corrected chi connectivity index (χ3v) is 3.96. The summed E-state index contributed by atoms with van der Waals surface area (Å²) in [7, 11) is 0. The molecule has 0 bridgehead atoms. The van der Waals surface area contributed by atoms with E-state index in [9.17, 15) is 4.79 Å². The Morgan fingerprint density at radius 2 is 2.24 bits per heavy atom. The Morgan fingerprint density at radius 1 is 1.33 bits per heavy atom. The lowest BCUT2D eigenvalue weighted by Gasteiger charge is -1.99. The van der Waals surface area contributed by atoms with E-state index >= 15 is 0 Å². The maximum Gasteiger partial charge on any atom is 0.359 e. The van der Waals surface area contributed by atoms with E-state index in [4.69, 9.17) is 9.15 Å². The molecule has 0 aromatic carbocycles. The van der Waals surface area contributed by atoms with Crippen molar-refractivity contribution in [2.45, 2.75) is 6.61 Å². The lowest BCUT2D eigenvalue weighted by Crippen LogP contribution is -2.07. The molecule has 0 aliphatic carbocycles. The highest BCUT2D eigenvalue weighted by molar-refractivity contribution is 9.11. The summed E-state index contributed by atoms with van der Waals surface area (Å²) in [5.74, 6) is 0.00438. The van der Waals surface area contributed by atoms with Gasteiger partial charge in [0.05, 0.1) is 14.9 Å². The first-order chi connectivity index (χ1) is 10.2. The number of hydrogen-bond acceptors (Lipinski definition) is 8. The molecule has 0 atom stereocenters. The highest BCUT2D eigenvalue weighted by Gasteiger charge is 2.14. The van der Waals surface area contributed by atoms with Gasteiger partial charge in [-0.25, -0.2) is 9.78 Å². The van der Waals surface area contributed by atoms with Crippen LogP contribution in [-0.4, -0.2) is 26.1 Å². The lowest BCUT2D eigenvalue weighted by molar-refractivity contribution is 0.0431. The zero-order chi connectivity index (χ0) is 14.7. The Balaban J connectivity index is 1.64. The summed E-state index contributed by atoms with van der Waals surface area (Å²) >= 11 is 4.83. The van der Waals surface area contributed by atoms with Crippen molar-refractivity contribution < 1.29 is 13.9 Å². The van der Waals surface area contributed by atoms with Gasteiger partial charge in [-0.3, -0.25) is 4.98 Å². The summed E-state index contributed by atoms with van der Waals surface area (Å²) in [6.07, 6.45) is 4.21. The first kappa shape index (κ1) is 13.8. The monoisotopic (exact) mass is 366 g/mol. The number of hydrogen-bond donors (Lipinski definition) is 0. The number of aromatic nitrogens is 4. The Kier molecular flexibility index (Phi) is 4.02. The topological polar surface area (TPSA) is 91.0 Å². The quantitative estimate of drug-likeness (QED) is 0.655. The highest BCUT2D eigenvalue weighted by Crippen LogP contribution is 2.30. The number of rotatable bonds is 4. The van der Waals surface area contributed by atoms with Crippen molar-refractivity contribution in [1.82, 2.24) is 20.2 Å². The SMILES string of the molecule is O=C(OCc1nnc(-c2ccc(Br)s2)o1)c1cnccn1. The maximum atomic E-state index is 11.7. The van der Waals surface area contributed by atoms with Crippen LogP contribution >= 0.6 is 27.3 Å². The average molecular weight is 367 g/mol. The average Bonchev–Trinajstić information content (AvgIpc) is 3.14. The van der Waals surface area contributed by atoms with Gasteiger partial charge in [-0.05, 0) is 28.1 Å². The van der Waals surface area contributed by atoms with Crippen LogP contribution < -0.4 is 0 Å². The molecule has 106 valence electrons. The van der Waals surface area contributed by atoms with Crippen molar-refractivity contribution >= 4 is 33.2 Å². The van der Waals surface area contributed by atoms with Gasteiger partial charge in [-0.1, -0.05) is 0 Å². The molecule has 0 aliphatic heterocycles. The van der Waals surface area contributed by atoms with Crippen LogP contribution in [0.25, 0.3) is 10.8 Å². The van der Waals surface area contributed by atoms with E-state index in [2.05, 4.69) is 36.1 Å². The van der Waals surface area contributed by atoms with Crippen LogP contribution in [0.15, 0.2) is 38.9 Å². The molecule has 0 unspecified atom stereocenters. The molecule has 21 heavy (non-hydrogen) atoms. The summed E-state index contributed by atoms with van der Waals surface area (Å²) in [5.41, 5.74) is 0.124. The molecule has 0 saturated carbocycles. The summed E-state index contributed by atoms with van der Waals surface area (Å²) in [4.78, 5) is 20.1. The Bertz CT molecular complexity index is 759. The molecule has 0 N–H and O–H groups in total. The fraction of sp³-hybridized carbons (Fsp3) is 0.0833. The van der Waals surface area contributed by atoms with Gasteiger partial charge in [0.1, 0.15) is 0 Å². The zero-order valence-corrected chi connectivity index (χ0v) is 12.8. The predicted octanol–water partition coefficient (Wildman–Crippen LogP) is 2.71. The number of ether oxygens (including phenoxy) is 1. The smallest absolute Gasteiger partial charge is 0.359 e. The first-order valence-electron chi connectivity index (χ1n) is 5.73. The number of carbonyl (C=O) groups excluding carboxylic acids is 1. The van der Waals surface area contributed by atoms with Gasteiger partial charge < -0.3 is 9.15 Å². The summed E-state index contributed by atoms with van der Waals surface area (Å²) < 4.78 is 11.4. The second kappa shape index (κ2) is 6.10. The molecule has 0 aliphatic rings. The Morgan fingerprint density at radius 3 is 2.95 bits per heavy atom. The van der Waals surface area contributed by atoms with Crippen molar-refractivity contribution in [1.29, 1.82) is 0 Å². The molecule has 9 heteroatoms. The molecule has 3 aromatic rings. The lowest BCUT2D eigenvalue weighted by atomic mass is 10.4. The van der Waals surface area contributed by atoms with E-state index in [0.717, 1.165) is 8.66 Å². The largest absolute Gasteiger partial charge is 0.451 e. The molecule has 0 radical (unpaired) electrons. The van der Waals surface area contributed by atoms with Crippen LogP contribution in [0.3, 0.4) is 0 Å². The number of halogens is 1. The van der Waals surface area contributed by atoms with Crippen LogP contribution in [0.1, 0.15) is 16.4 Å². The van der Waals surface area contributed by atoms with E-state index in [-0.39, 0.29) is 18.2 Å². The second-order valence-electron chi connectivity index (χ2n) is 3.77. The van der Waals surface area contributed by atoms with Gasteiger partial charge in [0, 0.05) is 12.4 Å². The van der Waals surface area contributed by atoms with Crippen LogP contribution in [0.2, 0.25) is 0 Å². The minimum atomic E-state index is -0.596. The van der Waals surface area contributed by atoms with E-state index in [1.165, 1.54) is 29.9 Å². The molecule has 0 saturated heterocycles. The van der Waals surface area contributed by atoms with Gasteiger partial charge >= 0.3 is 5.97 Å². The van der Waals surface area contributed by atoms with Crippen molar-refractivity contribution in [3.63, 3.8) is 0 Å². The van der Waals surface area contributed by atoms with Crippen molar-refractivity contribution in [3.8, 4) is 10.8 Å². The number of thiophene rings is 1. The van der Waals surface area contributed by atoms with Crippen molar-refractivity contribution in [2.75, 3.05) is 0 Å². The van der Waals surface area contributed by atoms with Crippen molar-refractivity contribution in [3.05, 3.63) is 46.1 Å². The molecular weight excluding hydrogens is 360 g/mol. The number of esters is 1. The second-order valence-corrected chi connectivity index (χ2v) is 6.23. The minimum Gasteiger partial charge on any atom is -0.451 e. The Hall–Kier alpha value is -2.13.